The molecule has 0 saturated heterocycles. The first-order valence-corrected chi connectivity index (χ1v) is 11.8. The highest BCUT2D eigenvalue weighted by molar-refractivity contribution is 7.22. The number of thiazole rings is 1. The Morgan fingerprint density at radius 3 is 2.61 bits per heavy atom. The molecule has 31 heavy (non-hydrogen) atoms. The fourth-order valence-corrected chi connectivity index (χ4v) is 6.31. The van der Waals surface area contributed by atoms with Crippen LogP contribution >= 0.6 is 22.7 Å². The lowest BCUT2D eigenvalue weighted by molar-refractivity contribution is -0.129. The van der Waals surface area contributed by atoms with Gasteiger partial charge < -0.3 is 10.2 Å². The van der Waals surface area contributed by atoms with Crippen molar-refractivity contribution in [2.24, 2.45) is 0 Å². The van der Waals surface area contributed by atoms with Gasteiger partial charge in [-0.3, -0.25) is 9.59 Å². The molecule has 3 heterocycles. The van der Waals surface area contributed by atoms with Crippen LogP contribution in [0.2, 0.25) is 0 Å². The second kappa shape index (κ2) is 8.24. The monoisotopic (exact) mass is 447 g/mol. The molecule has 1 N–H and O–H groups in total. The average molecular weight is 448 g/mol. The Kier molecular flexibility index (Phi) is 5.29. The summed E-state index contributed by atoms with van der Waals surface area (Å²) in [5.74, 6) is 0.0332. The van der Waals surface area contributed by atoms with Gasteiger partial charge in [-0.1, -0.05) is 42.5 Å². The van der Waals surface area contributed by atoms with Crippen LogP contribution in [0.25, 0.3) is 20.8 Å². The van der Waals surface area contributed by atoms with Gasteiger partial charge in [0.2, 0.25) is 11.8 Å². The second-order valence-corrected chi connectivity index (χ2v) is 9.73. The van der Waals surface area contributed by atoms with E-state index < -0.39 is 0 Å². The van der Waals surface area contributed by atoms with E-state index in [1.165, 1.54) is 5.56 Å². The van der Waals surface area contributed by atoms with Crippen LogP contribution in [-0.4, -0.2) is 28.2 Å². The van der Waals surface area contributed by atoms with E-state index in [-0.39, 0.29) is 11.8 Å². The molecule has 5 nitrogen and oxygen atoms in total. The Balaban J connectivity index is 1.53. The van der Waals surface area contributed by atoms with Crippen molar-refractivity contribution in [3.8, 4) is 10.6 Å². The minimum atomic E-state index is -0.0458. The van der Waals surface area contributed by atoms with Crippen molar-refractivity contribution in [2.45, 2.75) is 26.3 Å². The van der Waals surface area contributed by atoms with Gasteiger partial charge in [0, 0.05) is 23.9 Å². The van der Waals surface area contributed by atoms with Crippen LogP contribution in [0.3, 0.4) is 0 Å². The van der Waals surface area contributed by atoms with Crippen molar-refractivity contribution in [1.82, 2.24) is 9.88 Å². The summed E-state index contributed by atoms with van der Waals surface area (Å²) in [6.45, 7) is 2.88. The molecule has 2 amide bonds. The molecule has 156 valence electrons. The predicted molar refractivity (Wildman–Crippen MR) is 127 cm³/mol. The number of para-hydroxylation sites is 1. The fraction of sp³-hybridized carbons (Fsp3) is 0.208. The number of carbonyl (C=O) groups excluding carboxylic acids is 2. The van der Waals surface area contributed by atoms with Crippen molar-refractivity contribution in [3.63, 3.8) is 0 Å². The van der Waals surface area contributed by atoms with Crippen LogP contribution in [0.1, 0.15) is 22.9 Å². The van der Waals surface area contributed by atoms with E-state index in [0.29, 0.717) is 19.5 Å². The molecular formula is C24H21N3O2S2. The van der Waals surface area contributed by atoms with Crippen LogP contribution in [0.4, 0.5) is 5.00 Å². The summed E-state index contributed by atoms with van der Waals surface area (Å²) in [7, 11) is 0. The molecule has 2 aromatic heterocycles. The standard InChI is InChI=1S/C24H21N3O2S2/c1-15(28)27-12-11-17-20(14-27)31-24(26-21(29)13-16-7-3-2-4-8-16)22(17)23-25-18-9-5-6-10-19(18)30-23/h2-10H,11-14H2,1H3,(H,26,29). The topological polar surface area (TPSA) is 62.3 Å². The number of rotatable bonds is 4. The summed E-state index contributed by atoms with van der Waals surface area (Å²) in [5, 5.41) is 4.90. The Morgan fingerprint density at radius 1 is 1.06 bits per heavy atom. The summed E-state index contributed by atoms with van der Waals surface area (Å²) in [4.78, 5) is 32.6. The summed E-state index contributed by atoms with van der Waals surface area (Å²) in [6.07, 6.45) is 1.09. The first-order valence-electron chi connectivity index (χ1n) is 10.2. The number of amides is 2. The molecule has 0 bridgehead atoms. The third-order valence-electron chi connectivity index (χ3n) is 5.47. The maximum atomic E-state index is 12.8. The molecule has 7 heteroatoms. The smallest absolute Gasteiger partial charge is 0.229 e. The van der Waals surface area contributed by atoms with E-state index in [1.54, 1.807) is 29.6 Å². The minimum absolute atomic E-state index is 0.0458. The van der Waals surface area contributed by atoms with Gasteiger partial charge in [-0.25, -0.2) is 4.98 Å². The highest BCUT2D eigenvalue weighted by Gasteiger charge is 2.28. The predicted octanol–water partition coefficient (Wildman–Crippen LogP) is 5.11. The molecule has 0 unspecified atom stereocenters. The van der Waals surface area contributed by atoms with E-state index in [4.69, 9.17) is 4.98 Å². The molecular weight excluding hydrogens is 426 g/mol. The Morgan fingerprint density at radius 2 is 1.84 bits per heavy atom. The van der Waals surface area contributed by atoms with Gasteiger partial charge in [-0.05, 0) is 29.7 Å². The van der Waals surface area contributed by atoms with E-state index in [0.717, 1.165) is 42.7 Å². The SMILES string of the molecule is CC(=O)N1CCc2c(sc(NC(=O)Cc3ccccc3)c2-c2nc3ccccc3s2)C1. The normalized spacial score (nSPS) is 13.3. The molecule has 0 aliphatic carbocycles. The van der Waals surface area contributed by atoms with E-state index >= 15 is 0 Å². The average Bonchev–Trinajstić information content (AvgIpc) is 3.34. The number of benzene rings is 2. The number of anilines is 1. The van der Waals surface area contributed by atoms with Crippen LogP contribution in [0, 0.1) is 0 Å². The fourth-order valence-electron chi connectivity index (χ4n) is 3.92. The molecule has 0 saturated carbocycles. The van der Waals surface area contributed by atoms with Crippen molar-refractivity contribution >= 4 is 49.7 Å². The lowest BCUT2D eigenvalue weighted by Gasteiger charge is -2.26. The first-order chi connectivity index (χ1) is 15.1. The zero-order valence-electron chi connectivity index (χ0n) is 17.1. The molecule has 2 aromatic carbocycles. The summed E-state index contributed by atoms with van der Waals surface area (Å²) < 4.78 is 1.13. The van der Waals surface area contributed by atoms with E-state index in [1.807, 2.05) is 53.4 Å². The van der Waals surface area contributed by atoms with Crippen LogP contribution in [-0.2, 0) is 29.0 Å². The lowest BCUT2D eigenvalue weighted by atomic mass is 10.0. The maximum absolute atomic E-state index is 12.8. The first kappa shape index (κ1) is 19.9. The molecule has 0 atom stereocenters. The number of hydrogen-bond acceptors (Lipinski definition) is 5. The molecule has 0 spiro atoms. The van der Waals surface area contributed by atoms with E-state index in [9.17, 15) is 9.59 Å². The highest BCUT2D eigenvalue weighted by Crippen LogP contribution is 2.45. The minimum Gasteiger partial charge on any atom is -0.337 e. The van der Waals surface area contributed by atoms with Gasteiger partial charge in [-0.2, -0.15) is 0 Å². The third kappa shape index (κ3) is 3.98. The van der Waals surface area contributed by atoms with Crippen LogP contribution < -0.4 is 5.32 Å². The van der Waals surface area contributed by atoms with Gasteiger partial charge in [0.15, 0.2) is 0 Å². The van der Waals surface area contributed by atoms with Crippen molar-refractivity contribution < 1.29 is 9.59 Å². The number of thiophene rings is 1. The van der Waals surface area contributed by atoms with Gasteiger partial charge in [0.1, 0.15) is 10.0 Å². The van der Waals surface area contributed by atoms with E-state index in [2.05, 4.69) is 11.4 Å². The Hall–Kier alpha value is -3.03. The largest absolute Gasteiger partial charge is 0.337 e. The molecule has 1 aliphatic heterocycles. The summed E-state index contributed by atoms with van der Waals surface area (Å²) >= 11 is 3.21. The molecule has 1 aliphatic rings. The number of aromatic nitrogens is 1. The van der Waals surface area contributed by atoms with Crippen LogP contribution in [0.15, 0.2) is 54.6 Å². The number of nitrogens with zero attached hydrogens (tertiary/aromatic N) is 2. The number of carbonyl (C=O) groups is 2. The second-order valence-electron chi connectivity index (χ2n) is 7.60. The highest BCUT2D eigenvalue weighted by atomic mass is 32.1. The number of nitrogens with one attached hydrogen (secondary N) is 1. The van der Waals surface area contributed by atoms with Gasteiger partial charge in [0.25, 0.3) is 0 Å². The lowest BCUT2D eigenvalue weighted by Crippen LogP contribution is -2.33. The van der Waals surface area contributed by atoms with Crippen molar-refractivity contribution in [3.05, 3.63) is 70.6 Å². The number of hydrogen-bond donors (Lipinski definition) is 1. The molecule has 4 aromatic rings. The van der Waals surface area contributed by atoms with Crippen molar-refractivity contribution in [1.29, 1.82) is 0 Å². The summed E-state index contributed by atoms with van der Waals surface area (Å²) in [5.41, 5.74) is 4.16. The zero-order chi connectivity index (χ0) is 21.4. The van der Waals surface area contributed by atoms with Gasteiger partial charge in [0.05, 0.1) is 23.2 Å². The zero-order valence-corrected chi connectivity index (χ0v) is 18.7. The molecule has 0 fully saturated rings. The molecule has 0 radical (unpaired) electrons. The van der Waals surface area contributed by atoms with Gasteiger partial charge >= 0.3 is 0 Å². The quantitative estimate of drug-likeness (QED) is 0.473. The molecule has 5 rings (SSSR count). The third-order valence-corrected chi connectivity index (χ3v) is 7.66. The summed E-state index contributed by atoms with van der Waals surface area (Å²) in [6, 6.07) is 17.8. The Bertz CT molecular complexity index is 1240. The Labute approximate surface area is 188 Å². The van der Waals surface area contributed by atoms with Gasteiger partial charge in [-0.15, -0.1) is 22.7 Å². The number of fused-ring (bicyclic) bond motifs is 2. The van der Waals surface area contributed by atoms with Crippen LogP contribution in [0.5, 0.6) is 0 Å². The maximum Gasteiger partial charge on any atom is 0.229 e. The van der Waals surface area contributed by atoms with Crippen molar-refractivity contribution in [2.75, 3.05) is 11.9 Å².